The maximum atomic E-state index is 11.7. The van der Waals surface area contributed by atoms with Crippen LogP contribution in [0.4, 0.5) is 0 Å². The lowest BCUT2D eigenvalue weighted by molar-refractivity contribution is 0.0588. The van der Waals surface area contributed by atoms with E-state index in [1.807, 2.05) is 31.5 Å². The van der Waals surface area contributed by atoms with Crippen molar-refractivity contribution in [1.82, 2.24) is 14.3 Å². The van der Waals surface area contributed by atoms with Gasteiger partial charge in [-0.3, -0.25) is 4.68 Å². The first-order valence-corrected chi connectivity index (χ1v) is 6.57. The molecule has 2 aromatic heterocycles. The van der Waals surface area contributed by atoms with Crippen LogP contribution in [-0.4, -0.2) is 27.4 Å². The van der Waals surface area contributed by atoms with E-state index in [-0.39, 0.29) is 0 Å². The monoisotopic (exact) mass is 291 g/mol. The molecule has 0 aliphatic rings. The lowest BCUT2D eigenvalue weighted by Crippen LogP contribution is -2.08. The van der Waals surface area contributed by atoms with Crippen LogP contribution in [0.5, 0.6) is 0 Å². The number of carbonyl (C=O) groups excluding carboxylic acids is 1. The third-order valence-corrected chi connectivity index (χ3v) is 3.90. The van der Waals surface area contributed by atoms with Crippen molar-refractivity contribution in [2.24, 2.45) is 14.1 Å². The molecule has 2 heterocycles. The summed E-state index contributed by atoms with van der Waals surface area (Å²) in [5.41, 5.74) is 4.14. The molecule has 5 nitrogen and oxygen atoms in total. The molecule has 0 saturated carbocycles. The molecule has 106 valence electrons. The van der Waals surface area contributed by atoms with Gasteiger partial charge < -0.3 is 9.30 Å². The summed E-state index contributed by atoms with van der Waals surface area (Å²) in [6.45, 7) is 3.99. The van der Waals surface area contributed by atoms with Crippen molar-refractivity contribution in [2.45, 2.75) is 13.8 Å². The summed E-state index contributed by atoms with van der Waals surface area (Å²) in [7, 11) is 4.98. The van der Waals surface area contributed by atoms with Gasteiger partial charge in [0.15, 0.2) is 0 Å². The number of aromatic nitrogens is 3. The Bertz CT molecular complexity index is 744. The van der Waals surface area contributed by atoms with E-state index in [0.717, 1.165) is 21.5 Å². The van der Waals surface area contributed by atoms with Crippen molar-refractivity contribution < 1.29 is 9.53 Å². The van der Waals surface area contributed by atoms with Crippen LogP contribution >= 0.6 is 12.2 Å². The summed E-state index contributed by atoms with van der Waals surface area (Å²) in [5.74, 6) is -0.405. The van der Waals surface area contributed by atoms with Gasteiger partial charge in [-0.05, 0) is 25.0 Å². The highest BCUT2D eigenvalue weighted by Gasteiger charge is 2.17. The topological polar surface area (TPSA) is 49.1 Å². The largest absolute Gasteiger partial charge is 0.464 e. The van der Waals surface area contributed by atoms with Gasteiger partial charge in [-0.25, -0.2) is 4.79 Å². The second-order valence-corrected chi connectivity index (χ2v) is 5.14. The Balaban J connectivity index is 2.67. The number of ether oxygens (including phenoxy) is 1. The molecule has 20 heavy (non-hydrogen) atoms. The van der Waals surface area contributed by atoms with E-state index in [4.69, 9.17) is 17.0 Å². The highest BCUT2D eigenvalue weighted by molar-refractivity contribution is 7.71. The van der Waals surface area contributed by atoms with E-state index >= 15 is 0 Å². The van der Waals surface area contributed by atoms with E-state index in [1.165, 1.54) is 11.8 Å². The summed E-state index contributed by atoms with van der Waals surface area (Å²) < 4.78 is 8.94. The Morgan fingerprint density at radius 3 is 2.50 bits per heavy atom. The molecule has 2 aromatic rings. The highest BCUT2D eigenvalue weighted by Crippen LogP contribution is 2.24. The second kappa shape index (κ2) is 5.20. The minimum atomic E-state index is -0.405. The zero-order valence-corrected chi connectivity index (χ0v) is 13.0. The molecule has 0 fully saturated rings. The number of methoxy groups -OCH3 is 1. The minimum absolute atomic E-state index is 0.405. The lowest BCUT2D eigenvalue weighted by Gasteiger charge is -2.12. The van der Waals surface area contributed by atoms with Crippen molar-refractivity contribution in [2.75, 3.05) is 7.11 Å². The molecule has 0 unspecified atom stereocenters. The van der Waals surface area contributed by atoms with Crippen LogP contribution < -0.4 is 0 Å². The van der Waals surface area contributed by atoms with Gasteiger partial charge in [0.1, 0.15) is 16.0 Å². The van der Waals surface area contributed by atoms with E-state index < -0.39 is 5.97 Å². The molecule has 0 aromatic carbocycles. The fraction of sp³-hybridized carbons (Fsp3) is 0.357. The molecule has 2 rings (SSSR count). The van der Waals surface area contributed by atoms with Gasteiger partial charge in [0.25, 0.3) is 0 Å². The smallest absolute Gasteiger partial charge is 0.356 e. The normalized spacial score (nSPS) is 10.7. The number of hydrogen-bond acceptors (Lipinski definition) is 4. The number of pyridine rings is 1. The molecule has 6 heteroatoms. The molecule has 0 aliphatic heterocycles. The zero-order valence-electron chi connectivity index (χ0n) is 12.2. The molecule has 0 saturated heterocycles. The van der Waals surface area contributed by atoms with Gasteiger partial charge in [-0.2, -0.15) is 5.10 Å². The maximum Gasteiger partial charge on any atom is 0.356 e. The molecular formula is C14H17N3O2S. The summed E-state index contributed by atoms with van der Waals surface area (Å²) in [6.07, 6.45) is 0. The highest BCUT2D eigenvalue weighted by atomic mass is 32.1. The minimum Gasteiger partial charge on any atom is -0.464 e. The molecule has 0 bridgehead atoms. The number of esters is 1. The van der Waals surface area contributed by atoms with Crippen LogP contribution in [0.3, 0.4) is 0 Å². The van der Waals surface area contributed by atoms with Crippen LogP contribution in [0.25, 0.3) is 11.4 Å². The van der Waals surface area contributed by atoms with Gasteiger partial charge >= 0.3 is 5.97 Å². The van der Waals surface area contributed by atoms with Gasteiger partial charge in [0, 0.05) is 20.2 Å². The average Bonchev–Trinajstić information content (AvgIpc) is 2.77. The summed E-state index contributed by atoms with van der Waals surface area (Å²) in [5, 5.41) is 4.39. The predicted molar refractivity (Wildman–Crippen MR) is 79.3 cm³/mol. The fourth-order valence-corrected chi connectivity index (χ4v) is 2.49. The molecular weight excluding hydrogens is 274 g/mol. The third-order valence-electron chi connectivity index (χ3n) is 3.30. The standard InChI is InChI=1S/C14H17N3O2S/c1-8-6-9(2)13(20)16(3)12(8)10-7-11(14(18)19-5)17(4)15-10/h6-7H,1-5H3. The van der Waals surface area contributed by atoms with Crippen LogP contribution in [0.2, 0.25) is 0 Å². The lowest BCUT2D eigenvalue weighted by atomic mass is 10.1. The van der Waals surface area contributed by atoms with Gasteiger partial charge in [-0.15, -0.1) is 0 Å². The number of nitrogens with zero attached hydrogens (tertiary/aromatic N) is 3. The van der Waals surface area contributed by atoms with Crippen LogP contribution in [0, 0.1) is 18.5 Å². The number of hydrogen-bond donors (Lipinski definition) is 0. The number of aryl methyl sites for hydroxylation is 3. The first-order valence-electron chi connectivity index (χ1n) is 6.16. The fourth-order valence-electron chi connectivity index (χ4n) is 2.34. The van der Waals surface area contributed by atoms with Crippen LogP contribution in [-0.2, 0) is 18.8 Å². The van der Waals surface area contributed by atoms with Gasteiger partial charge in [-0.1, -0.05) is 18.3 Å². The van der Waals surface area contributed by atoms with Crippen LogP contribution in [0.1, 0.15) is 21.6 Å². The van der Waals surface area contributed by atoms with E-state index in [9.17, 15) is 4.79 Å². The summed E-state index contributed by atoms with van der Waals surface area (Å²) >= 11 is 5.39. The summed E-state index contributed by atoms with van der Waals surface area (Å²) in [4.78, 5) is 11.7. The number of carbonyl (C=O) groups is 1. The Hall–Kier alpha value is -1.95. The Morgan fingerprint density at radius 1 is 1.25 bits per heavy atom. The SMILES string of the molecule is COC(=O)c1cc(-c2c(C)cc(C)c(=S)n2C)nn1C. The van der Waals surface area contributed by atoms with Crippen molar-refractivity contribution in [3.63, 3.8) is 0 Å². The third kappa shape index (κ3) is 2.27. The zero-order chi connectivity index (χ0) is 15.0. The molecule has 0 radical (unpaired) electrons. The van der Waals surface area contributed by atoms with Crippen molar-refractivity contribution in [3.8, 4) is 11.4 Å². The molecule has 0 aliphatic carbocycles. The Labute approximate surface area is 122 Å². The molecule has 0 spiro atoms. The van der Waals surface area contributed by atoms with Gasteiger partial charge in [0.05, 0.1) is 12.8 Å². The maximum absolute atomic E-state index is 11.7. The van der Waals surface area contributed by atoms with E-state index in [2.05, 4.69) is 5.10 Å². The molecule has 0 atom stereocenters. The molecule has 0 N–H and O–H groups in total. The Kier molecular flexibility index (Phi) is 3.76. The van der Waals surface area contributed by atoms with E-state index in [1.54, 1.807) is 13.1 Å². The van der Waals surface area contributed by atoms with E-state index in [0.29, 0.717) is 11.4 Å². The van der Waals surface area contributed by atoms with Crippen molar-refractivity contribution in [1.29, 1.82) is 0 Å². The van der Waals surface area contributed by atoms with Gasteiger partial charge in [0.2, 0.25) is 0 Å². The molecule has 0 amide bonds. The first kappa shape index (κ1) is 14.5. The predicted octanol–water partition coefficient (Wildman–Crippen LogP) is 2.56. The van der Waals surface area contributed by atoms with Crippen LogP contribution in [0.15, 0.2) is 12.1 Å². The quantitative estimate of drug-likeness (QED) is 0.630. The summed E-state index contributed by atoms with van der Waals surface area (Å²) in [6, 6.07) is 3.75. The second-order valence-electron chi connectivity index (χ2n) is 4.75. The number of rotatable bonds is 2. The average molecular weight is 291 g/mol. The van der Waals surface area contributed by atoms with Crippen molar-refractivity contribution in [3.05, 3.63) is 33.6 Å². The van der Waals surface area contributed by atoms with Crippen molar-refractivity contribution >= 4 is 18.2 Å². The Morgan fingerprint density at radius 2 is 1.90 bits per heavy atom. The first-order chi connectivity index (χ1) is 9.36.